The summed E-state index contributed by atoms with van der Waals surface area (Å²) in [7, 11) is -1.72. The van der Waals surface area contributed by atoms with Crippen molar-refractivity contribution >= 4 is 31.5 Å². The number of hydrogen-bond donors (Lipinski definition) is 2. The molecule has 0 aliphatic carbocycles. The van der Waals surface area contributed by atoms with Crippen molar-refractivity contribution in [3.8, 4) is 0 Å². The van der Waals surface area contributed by atoms with Gasteiger partial charge in [0.2, 0.25) is 0 Å². The molecule has 0 saturated carbocycles. The molecule has 62 valence electrons. The molecule has 0 aromatic heterocycles. The van der Waals surface area contributed by atoms with Crippen LogP contribution in [0.2, 0.25) is 0 Å². The van der Waals surface area contributed by atoms with Gasteiger partial charge in [0.05, 0.1) is 0 Å². The second kappa shape index (κ2) is 3.85. The Morgan fingerprint density at radius 3 is 2.17 bits per heavy atom. The van der Waals surface area contributed by atoms with E-state index < -0.39 is 21.6 Å². The van der Waals surface area contributed by atoms with E-state index in [0.717, 1.165) is 0 Å². The topological polar surface area (TPSA) is 74.6 Å². The SMILES string of the molecule is O=[As](=O)c1ccccc1B(O)O. The van der Waals surface area contributed by atoms with Crippen LogP contribution < -0.4 is 9.81 Å². The van der Waals surface area contributed by atoms with Gasteiger partial charge in [-0.05, 0) is 0 Å². The van der Waals surface area contributed by atoms with E-state index in [1.165, 1.54) is 12.1 Å². The zero-order valence-electron chi connectivity index (χ0n) is 6.04. The van der Waals surface area contributed by atoms with Crippen LogP contribution in [-0.2, 0) is 7.48 Å². The first-order valence-electron chi connectivity index (χ1n) is 3.22. The van der Waals surface area contributed by atoms with Gasteiger partial charge in [-0.3, -0.25) is 0 Å². The fraction of sp³-hybridized carbons (Fsp3) is 0. The monoisotopic (exact) mass is 228 g/mol. The first-order chi connectivity index (χ1) is 5.63. The number of benzene rings is 1. The van der Waals surface area contributed by atoms with Gasteiger partial charge in [-0.25, -0.2) is 0 Å². The molecule has 0 amide bonds. The summed E-state index contributed by atoms with van der Waals surface area (Å²) < 4.78 is 21.3. The molecule has 0 atom stereocenters. The summed E-state index contributed by atoms with van der Waals surface area (Å²) in [5.41, 5.74) is 0.0440. The molecule has 0 radical (unpaired) electrons. The normalized spacial score (nSPS) is 9.50. The van der Waals surface area contributed by atoms with Crippen molar-refractivity contribution in [2.75, 3.05) is 0 Å². The molecule has 1 aromatic rings. The van der Waals surface area contributed by atoms with Crippen molar-refractivity contribution in [2.45, 2.75) is 0 Å². The zero-order valence-corrected chi connectivity index (χ0v) is 7.92. The van der Waals surface area contributed by atoms with Crippen molar-refractivity contribution in [1.82, 2.24) is 0 Å². The van der Waals surface area contributed by atoms with Crippen molar-refractivity contribution in [3.05, 3.63) is 24.3 Å². The van der Waals surface area contributed by atoms with Gasteiger partial charge in [-0.15, -0.1) is 0 Å². The first kappa shape index (κ1) is 9.45. The van der Waals surface area contributed by atoms with Crippen LogP contribution in [0.25, 0.3) is 0 Å². The van der Waals surface area contributed by atoms with Gasteiger partial charge in [0.1, 0.15) is 0 Å². The minimum absolute atomic E-state index is 0.0278. The van der Waals surface area contributed by atoms with Crippen LogP contribution in [-0.4, -0.2) is 31.7 Å². The van der Waals surface area contributed by atoms with Crippen molar-refractivity contribution in [3.63, 3.8) is 0 Å². The second-order valence-corrected chi connectivity index (χ2v) is 4.28. The average molecular weight is 228 g/mol. The molecule has 0 fully saturated rings. The van der Waals surface area contributed by atoms with Crippen LogP contribution in [0, 0.1) is 0 Å². The van der Waals surface area contributed by atoms with E-state index in [4.69, 9.17) is 10.0 Å². The average Bonchev–Trinajstić information content (AvgIpc) is 2.04. The Balaban J connectivity index is 3.27. The number of rotatable bonds is 2. The summed E-state index contributed by atoms with van der Waals surface area (Å²) in [4.78, 5) is 0. The molecular formula is C6H6AsBO4. The van der Waals surface area contributed by atoms with E-state index in [1.807, 2.05) is 0 Å². The molecule has 4 nitrogen and oxygen atoms in total. The third-order valence-electron chi connectivity index (χ3n) is 1.41. The van der Waals surface area contributed by atoms with Gasteiger partial charge < -0.3 is 0 Å². The molecule has 0 unspecified atom stereocenters. The Hall–Kier alpha value is -0.637. The Morgan fingerprint density at radius 1 is 1.17 bits per heavy atom. The molecule has 0 spiro atoms. The predicted molar refractivity (Wildman–Crippen MR) is 43.0 cm³/mol. The molecule has 0 aliphatic rings. The van der Waals surface area contributed by atoms with Crippen LogP contribution in [0.15, 0.2) is 24.3 Å². The molecule has 12 heavy (non-hydrogen) atoms. The molecule has 1 rings (SSSR count). The summed E-state index contributed by atoms with van der Waals surface area (Å²) in [6, 6.07) is 5.82. The molecule has 0 aliphatic heterocycles. The Labute approximate surface area is 73.7 Å². The molecule has 1 aromatic carbocycles. The van der Waals surface area contributed by atoms with Crippen LogP contribution in [0.5, 0.6) is 0 Å². The van der Waals surface area contributed by atoms with E-state index in [-0.39, 0.29) is 9.81 Å². The van der Waals surface area contributed by atoms with E-state index >= 15 is 0 Å². The molecule has 0 bridgehead atoms. The van der Waals surface area contributed by atoms with Crippen LogP contribution >= 0.6 is 0 Å². The molecule has 0 heterocycles. The zero-order chi connectivity index (χ0) is 9.14. The van der Waals surface area contributed by atoms with E-state index in [2.05, 4.69) is 0 Å². The Bertz CT molecular complexity index is 339. The van der Waals surface area contributed by atoms with E-state index in [0.29, 0.717) is 0 Å². The molecule has 2 N–H and O–H groups in total. The van der Waals surface area contributed by atoms with Gasteiger partial charge in [0.25, 0.3) is 0 Å². The second-order valence-electron chi connectivity index (χ2n) is 2.19. The summed E-state index contributed by atoms with van der Waals surface area (Å²) in [5.74, 6) is 0. The van der Waals surface area contributed by atoms with Crippen molar-refractivity contribution in [1.29, 1.82) is 0 Å². The quantitative estimate of drug-likeness (QED) is 0.569. The van der Waals surface area contributed by atoms with Gasteiger partial charge in [0, 0.05) is 0 Å². The molecule has 0 saturated heterocycles. The van der Waals surface area contributed by atoms with Crippen LogP contribution in [0.3, 0.4) is 0 Å². The van der Waals surface area contributed by atoms with Crippen molar-refractivity contribution in [2.24, 2.45) is 0 Å². The fourth-order valence-electron chi connectivity index (χ4n) is 0.872. The minimum atomic E-state index is -3.51. The van der Waals surface area contributed by atoms with Crippen molar-refractivity contribution < 1.29 is 17.5 Å². The van der Waals surface area contributed by atoms with Gasteiger partial charge in [-0.1, -0.05) is 0 Å². The van der Waals surface area contributed by atoms with Crippen LogP contribution in [0.1, 0.15) is 0 Å². The van der Waals surface area contributed by atoms with Gasteiger partial charge in [-0.2, -0.15) is 0 Å². The third kappa shape index (κ3) is 1.94. The standard InChI is InChI=1S/C6H6AsBO4/c9-7(10)5-3-1-2-4-6(5)8(11)12/h1-4,11-12H. The third-order valence-corrected chi connectivity index (χ3v) is 3.09. The summed E-state index contributed by atoms with van der Waals surface area (Å²) >= 11 is -3.51. The maximum absolute atomic E-state index is 10.6. The maximum atomic E-state index is 10.6. The Morgan fingerprint density at radius 2 is 1.75 bits per heavy atom. The molecule has 6 heteroatoms. The van der Waals surface area contributed by atoms with Gasteiger partial charge in [0.15, 0.2) is 0 Å². The van der Waals surface area contributed by atoms with Crippen LogP contribution in [0.4, 0.5) is 0 Å². The fourth-order valence-corrected chi connectivity index (χ4v) is 2.15. The van der Waals surface area contributed by atoms with E-state index in [9.17, 15) is 7.48 Å². The Kier molecular flexibility index (Phi) is 3.03. The summed E-state index contributed by atoms with van der Waals surface area (Å²) in [6.45, 7) is 0. The molecular weight excluding hydrogens is 222 g/mol. The summed E-state index contributed by atoms with van der Waals surface area (Å²) in [6.07, 6.45) is 0. The van der Waals surface area contributed by atoms with E-state index in [1.54, 1.807) is 12.1 Å². The predicted octanol–water partition coefficient (Wildman–Crippen LogP) is -2.08. The first-order valence-corrected chi connectivity index (χ1v) is 5.69. The van der Waals surface area contributed by atoms with Gasteiger partial charge >= 0.3 is 73.3 Å². The summed E-state index contributed by atoms with van der Waals surface area (Å²) in [5, 5.41) is 17.5. The number of hydrogen-bond acceptors (Lipinski definition) is 4.